The van der Waals surface area contributed by atoms with Gasteiger partial charge < -0.3 is 4.90 Å². The molecule has 0 unspecified atom stereocenters. The zero-order chi connectivity index (χ0) is 25.9. The molecule has 194 valence electrons. The van der Waals surface area contributed by atoms with Gasteiger partial charge in [0.15, 0.2) is 0 Å². The van der Waals surface area contributed by atoms with Gasteiger partial charge in [0.2, 0.25) is 5.91 Å². The number of hydrogen-bond donors (Lipinski definition) is 0. The van der Waals surface area contributed by atoms with E-state index in [4.69, 9.17) is 11.6 Å². The normalized spacial score (nSPS) is 28.4. The fraction of sp³-hybridized carbons (Fsp3) is 0.500. The number of carbonyl (C=O) groups is 1. The maximum absolute atomic E-state index is 14.7. The summed E-state index contributed by atoms with van der Waals surface area (Å²) in [5.41, 5.74) is 0.232. The van der Waals surface area contributed by atoms with E-state index in [1.807, 2.05) is 19.1 Å². The maximum atomic E-state index is 14.7. The molecule has 1 spiro atoms. The van der Waals surface area contributed by atoms with Gasteiger partial charge in [0.1, 0.15) is 21.8 Å². The van der Waals surface area contributed by atoms with Crippen LogP contribution in [0.2, 0.25) is 5.02 Å². The summed E-state index contributed by atoms with van der Waals surface area (Å²) in [6.07, 6.45) is 1.30. The van der Waals surface area contributed by atoms with E-state index in [-0.39, 0.29) is 42.3 Å². The number of hydrogen-bond acceptors (Lipinski definition) is 3. The molecule has 3 aliphatic rings. The molecule has 3 fully saturated rings. The zero-order valence-electron chi connectivity index (χ0n) is 20.2. The van der Waals surface area contributed by atoms with E-state index < -0.39 is 39.2 Å². The Bertz CT molecular complexity index is 1300. The third-order valence-corrected chi connectivity index (χ3v) is 10.6. The van der Waals surface area contributed by atoms with Crippen LogP contribution in [0.15, 0.2) is 51.7 Å². The minimum absolute atomic E-state index is 0.0620. The SMILES string of the molecule is CN=[S@](=O)(c1ccc(C)cc1)N1CCC[C@H]1C(=O)N(Cc1ccc(Cl)cc1F)C1CC2(C1)CC2(F)F. The Kier molecular flexibility index (Phi) is 6.41. The van der Waals surface area contributed by atoms with Crippen molar-refractivity contribution >= 4 is 27.4 Å². The predicted octanol–water partition coefficient (Wildman–Crippen LogP) is 5.84. The van der Waals surface area contributed by atoms with Gasteiger partial charge >= 0.3 is 0 Å². The highest BCUT2D eigenvalue weighted by atomic mass is 35.5. The summed E-state index contributed by atoms with van der Waals surface area (Å²) in [7, 11) is -1.58. The molecule has 1 aliphatic heterocycles. The minimum atomic E-state index is -3.06. The lowest BCUT2D eigenvalue weighted by Gasteiger charge is -2.45. The second-order valence-corrected chi connectivity index (χ2v) is 13.0. The summed E-state index contributed by atoms with van der Waals surface area (Å²) in [6.45, 7) is 2.28. The lowest BCUT2D eigenvalue weighted by atomic mass is 9.75. The van der Waals surface area contributed by atoms with Gasteiger partial charge in [-0.3, -0.25) is 4.79 Å². The molecule has 5 rings (SSSR count). The Balaban J connectivity index is 1.45. The molecular weight excluding hydrogens is 511 g/mol. The Morgan fingerprint density at radius 1 is 1.22 bits per heavy atom. The average Bonchev–Trinajstić information content (AvgIpc) is 3.15. The van der Waals surface area contributed by atoms with Crippen molar-refractivity contribution in [1.82, 2.24) is 9.21 Å². The van der Waals surface area contributed by atoms with E-state index in [0.29, 0.717) is 24.3 Å². The van der Waals surface area contributed by atoms with Crippen molar-refractivity contribution in [2.24, 2.45) is 9.78 Å². The maximum Gasteiger partial charge on any atom is 0.254 e. The van der Waals surface area contributed by atoms with Crippen molar-refractivity contribution in [3.05, 3.63) is 64.4 Å². The highest BCUT2D eigenvalue weighted by Crippen LogP contribution is 2.71. The van der Waals surface area contributed by atoms with Crippen molar-refractivity contribution in [1.29, 1.82) is 0 Å². The fourth-order valence-corrected chi connectivity index (χ4v) is 7.90. The standard InChI is InChI=1S/C26H29ClF3N3O2S/c1-17-5-9-21(10-6-17)36(35,31-2)33-11-3-4-23(33)24(34)32(15-18-7-8-19(27)12-22(18)28)20-13-25(14-20)16-26(25,29)30/h5-10,12,20,23H,3-4,11,13-16H2,1-2H3/t20?,23-,25?,36+/m0/s1. The molecule has 36 heavy (non-hydrogen) atoms. The van der Waals surface area contributed by atoms with Crippen molar-refractivity contribution in [3.8, 4) is 0 Å². The third kappa shape index (κ3) is 4.23. The number of alkyl halides is 2. The molecule has 2 atom stereocenters. The van der Waals surface area contributed by atoms with Gasteiger partial charge in [-0.25, -0.2) is 26.0 Å². The largest absolute Gasteiger partial charge is 0.334 e. The molecule has 2 aliphatic carbocycles. The Hall–Kier alpha value is -2.10. The van der Waals surface area contributed by atoms with Gasteiger partial charge in [0, 0.05) is 48.6 Å². The predicted molar refractivity (Wildman–Crippen MR) is 133 cm³/mol. The zero-order valence-corrected chi connectivity index (χ0v) is 21.8. The lowest BCUT2D eigenvalue weighted by Crippen LogP contribution is -2.55. The first-order chi connectivity index (χ1) is 17.0. The molecule has 5 nitrogen and oxygen atoms in total. The molecule has 0 N–H and O–H groups in total. The van der Waals surface area contributed by atoms with Crippen LogP contribution in [0.25, 0.3) is 0 Å². The number of benzene rings is 2. The topological polar surface area (TPSA) is 53.0 Å². The summed E-state index contributed by atoms with van der Waals surface area (Å²) in [6, 6.07) is 10.3. The van der Waals surface area contributed by atoms with Gasteiger partial charge in [-0.1, -0.05) is 35.4 Å². The third-order valence-electron chi connectivity index (χ3n) is 7.93. The van der Waals surface area contributed by atoms with E-state index >= 15 is 0 Å². The molecule has 0 bridgehead atoms. The van der Waals surface area contributed by atoms with Gasteiger partial charge in [0.05, 0.1) is 4.90 Å². The van der Waals surface area contributed by atoms with Crippen LogP contribution in [-0.4, -0.2) is 50.9 Å². The van der Waals surface area contributed by atoms with E-state index in [1.165, 1.54) is 24.1 Å². The highest BCUT2D eigenvalue weighted by molar-refractivity contribution is 7.91. The van der Waals surface area contributed by atoms with E-state index in [0.717, 1.165) is 5.56 Å². The summed E-state index contributed by atoms with van der Waals surface area (Å²) >= 11 is 5.90. The summed E-state index contributed by atoms with van der Waals surface area (Å²) in [5, 5.41) is 0.235. The van der Waals surface area contributed by atoms with Crippen LogP contribution in [0.3, 0.4) is 0 Å². The first-order valence-electron chi connectivity index (χ1n) is 12.1. The lowest BCUT2D eigenvalue weighted by molar-refractivity contribution is -0.143. The molecule has 2 saturated carbocycles. The first-order valence-corrected chi connectivity index (χ1v) is 14.0. The molecule has 0 radical (unpaired) electrons. The van der Waals surface area contributed by atoms with Crippen molar-refractivity contribution in [2.75, 3.05) is 13.6 Å². The fourth-order valence-electron chi connectivity index (χ4n) is 5.64. The van der Waals surface area contributed by atoms with Crippen LogP contribution in [0.1, 0.15) is 43.2 Å². The number of amides is 1. The van der Waals surface area contributed by atoms with Crippen LogP contribution in [0.5, 0.6) is 0 Å². The van der Waals surface area contributed by atoms with Crippen LogP contribution in [0.4, 0.5) is 13.2 Å². The van der Waals surface area contributed by atoms with E-state index in [9.17, 15) is 22.2 Å². The number of rotatable bonds is 6. The molecule has 10 heteroatoms. The Labute approximate surface area is 214 Å². The molecule has 0 aromatic heterocycles. The summed E-state index contributed by atoms with van der Waals surface area (Å²) < 4.78 is 62.6. The van der Waals surface area contributed by atoms with Gasteiger partial charge in [0.25, 0.3) is 5.92 Å². The van der Waals surface area contributed by atoms with E-state index in [1.54, 1.807) is 22.5 Å². The number of nitrogens with zero attached hydrogens (tertiary/aromatic N) is 3. The van der Waals surface area contributed by atoms with Crippen molar-refractivity contribution in [3.63, 3.8) is 0 Å². The number of aryl methyl sites for hydroxylation is 1. The van der Waals surface area contributed by atoms with Crippen molar-refractivity contribution in [2.45, 2.75) is 68.5 Å². The summed E-state index contributed by atoms with van der Waals surface area (Å²) in [5.74, 6) is -3.58. The quantitative estimate of drug-likeness (QED) is 0.463. The molecule has 1 heterocycles. The highest BCUT2D eigenvalue weighted by Gasteiger charge is 2.76. The van der Waals surface area contributed by atoms with Crippen LogP contribution in [0, 0.1) is 18.2 Å². The van der Waals surface area contributed by atoms with Gasteiger partial charge in [-0.15, -0.1) is 0 Å². The number of carbonyl (C=O) groups excluding carboxylic acids is 1. The smallest absolute Gasteiger partial charge is 0.254 e. The minimum Gasteiger partial charge on any atom is -0.334 e. The monoisotopic (exact) mass is 539 g/mol. The Morgan fingerprint density at radius 3 is 2.47 bits per heavy atom. The second kappa shape index (κ2) is 9.03. The number of halogens is 4. The molecule has 1 amide bonds. The second-order valence-electron chi connectivity index (χ2n) is 10.2. The van der Waals surface area contributed by atoms with Gasteiger partial charge in [-0.2, -0.15) is 0 Å². The average molecular weight is 540 g/mol. The molecule has 2 aromatic carbocycles. The molecule has 2 aromatic rings. The molecular formula is C26H29ClF3N3O2S. The van der Waals surface area contributed by atoms with Crippen LogP contribution in [-0.2, 0) is 21.3 Å². The first kappa shape index (κ1) is 25.5. The van der Waals surface area contributed by atoms with Crippen molar-refractivity contribution < 1.29 is 22.2 Å². The van der Waals surface area contributed by atoms with E-state index in [2.05, 4.69) is 4.36 Å². The van der Waals surface area contributed by atoms with Crippen LogP contribution < -0.4 is 0 Å². The van der Waals surface area contributed by atoms with Crippen LogP contribution >= 0.6 is 11.6 Å². The summed E-state index contributed by atoms with van der Waals surface area (Å²) in [4.78, 5) is 16.0. The Morgan fingerprint density at radius 2 is 1.89 bits per heavy atom. The van der Waals surface area contributed by atoms with Gasteiger partial charge in [-0.05, 0) is 56.9 Å². The molecule has 1 saturated heterocycles.